The second-order valence-corrected chi connectivity index (χ2v) is 4.32. The van der Waals surface area contributed by atoms with Crippen LogP contribution in [-0.2, 0) is 4.74 Å². The number of hydrogen-bond acceptors (Lipinski definition) is 3. The fourth-order valence-corrected chi connectivity index (χ4v) is 1.26. The monoisotopic (exact) mass is 227 g/mol. The first kappa shape index (κ1) is 15.4. The van der Waals surface area contributed by atoms with Crippen LogP contribution in [-0.4, -0.2) is 37.5 Å². The molecule has 0 heterocycles. The molecule has 0 saturated carbocycles. The van der Waals surface area contributed by atoms with E-state index < -0.39 is 6.10 Å². The topological polar surface area (TPSA) is 41.5 Å². The van der Waals surface area contributed by atoms with Crippen LogP contribution in [0.1, 0.15) is 33.6 Å². The van der Waals surface area contributed by atoms with E-state index in [4.69, 9.17) is 4.74 Å². The van der Waals surface area contributed by atoms with Crippen LogP contribution in [0.2, 0.25) is 0 Å². The maximum atomic E-state index is 9.52. The zero-order chi connectivity index (χ0) is 12.2. The predicted octanol–water partition coefficient (Wildman–Crippen LogP) is 1.41. The minimum Gasteiger partial charge on any atom is -0.389 e. The Balaban J connectivity index is 3.22. The van der Waals surface area contributed by atoms with Crippen molar-refractivity contribution in [3.63, 3.8) is 0 Å². The molecule has 0 aromatic carbocycles. The number of aliphatic hydroxyl groups is 1. The van der Waals surface area contributed by atoms with Crippen molar-refractivity contribution in [2.45, 2.75) is 39.7 Å². The maximum absolute atomic E-state index is 9.52. The van der Waals surface area contributed by atoms with Crippen LogP contribution in [0.25, 0.3) is 0 Å². The van der Waals surface area contributed by atoms with Gasteiger partial charge in [-0.2, -0.15) is 0 Å². The number of rotatable bonds is 9. The minimum absolute atomic E-state index is 0.407. The van der Waals surface area contributed by atoms with Gasteiger partial charge in [0.25, 0.3) is 0 Å². The quantitative estimate of drug-likeness (QED) is 0.462. The van der Waals surface area contributed by atoms with Gasteiger partial charge in [0.15, 0.2) is 0 Å². The van der Waals surface area contributed by atoms with Gasteiger partial charge >= 0.3 is 0 Å². The molecule has 0 amide bonds. The van der Waals surface area contributed by atoms with Crippen LogP contribution >= 0.6 is 0 Å². The summed E-state index contributed by atoms with van der Waals surface area (Å²) in [6, 6.07) is 0. The molecular weight excluding hydrogens is 202 g/mol. The smallest absolute Gasteiger partial charge is 0.0897 e. The lowest BCUT2D eigenvalue weighted by atomic mass is 10.1. The van der Waals surface area contributed by atoms with Gasteiger partial charge in [0.1, 0.15) is 0 Å². The summed E-state index contributed by atoms with van der Waals surface area (Å²) in [5.74, 6) is 6.39. The molecule has 94 valence electrons. The summed E-state index contributed by atoms with van der Waals surface area (Å²) in [6.07, 6.45) is 1.82. The van der Waals surface area contributed by atoms with Crippen molar-refractivity contribution >= 4 is 0 Å². The van der Waals surface area contributed by atoms with Crippen molar-refractivity contribution < 1.29 is 9.84 Å². The summed E-state index contributed by atoms with van der Waals surface area (Å²) < 4.78 is 5.38. The maximum Gasteiger partial charge on any atom is 0.0897 e. The van der Waals surface area contributed by atoms with E-state index in [0.717, 1.165) is 18.9 Å². The fraction of sp³-hybridized carbons (Fsp3) is 0.846. The van der Waals surface area contributed by atoms with Crippen LogP contribution in [0.15, 0.2) is 0 Å². The average Bonchev–Trinajstić information content (AvgIpc) is 2.23. The van der Waals surface area contributed by atoms with Crippen molar-refractivity contribution in [3.05, 3.63) is 0 Å². The Bertz CT molecular complexity index is 206. The number of nitrogens with one attached hydrogen (secondary N) is 1. The average molecular weight is 227 g/mol. The summed E-state index contributed by atoms with van der Waals surface area (Å²) in [4.78, 5) is 0. The first-order valence-electron chi connectivity index (χ1n) is 6.03. The highest BCUT2D eigenvalue weighted by atomic mass is 16.5. The van der Waals surface area contributed by atoms with Crippen LogP contribution in [0, 0.1) is 17.8 Å². The SMILES string of the molecule is CC#CCNCC(O)COCCCC(C)C. The molecule has 1 atom stereocenters. The molecule has 16 heavy (non-hydrogen) atoms. The molecular formula is C13H25NO2. The van der Waals surface area contributed by atoms with E-state index in [9.17, 15) is 5.11 Å². The number of hydrogen-bond donors (Lipinski definition) is 2. The third-order valence-electron chi connectivity index (χ3n) is 2.15. The molecule has 0 aromatic heterocycles. The van der Waals surface area contributed by atoms with Crippen molar-refractivity contribution in [1.29, 1.82) is 0 Å². The molecule has 0 saturated heterocycles. The Hall–Kier alpha value is -0.560. The molecule has 3 nitrogen and oxygen atoms in total. The predicted molar refractivity (Wildman–Crippen MR) is 67.2 cm³/mol. The van der Waals surface area contributed by atoms with E-state index in [1.54, 1.807) is 6.92 Å². The lowest BCUT2D eigenvalue weighted by Gasteiger charge is -2.11. The van der Waals surface area contributed by atoms with E-state index in [1.807, 2.05) is 0 Å². The summed E-state index contributed by atoms with van der Waals surface area (Å²) in [6.45, 7) is 8.52. The highest BCUT2D eigenvalue weighted by Crippen LogP contribution is 2.03. The lowest BCUT2D eigenvalue weighted by Crippen LogP contribution is -2.30. The van der Waals surface area contributed by atoms with Gasteiger partial charge < -0.3 is 15.2 Å². The Morgan fingerprint density at radius 1 is 1.38 bits per heavy atom. The molecule has 0 aliphatic heterocycles. The summed E-state index contributed by atoms with van der Waals surface area (Å²) in [7, 11) is 0. The van der Waals surface area contributed by atoms with Gasteiger partial charge in [-0.15, -0.1) is 5.92 Å². The van der Waals surface area contributed by atoms with Crippen molar-refractivity contribution in [2.24, 2.45) is 5.92 Å². The van der Waals surface area contributed by atoms with Crippen molar-refractivity contribution in [3.8, 4) is 11.8 Å². The van der Waals surface area contributed by atoms with Gasteiger partial charge in [-0.25, -0.2) is 0 Å². The van der Waals surface area contributed by atoms with E-state index in [1.165, 1.54) is 6.42 Å². The van der Waals surface area contributed by atoms with Crippen molar-refractivity contribution in [1.82, 2.24) is 5.32 Å². The van der Waals surface area contributed by atoms with Crippen LogP contribution in [0.5, 0.6) is 0 Å². The first-order valence-corrected chi connectivity index (χ1v) is 6.03. The molecule has 0 rings (SSSR count). The highest BCUT2D eigenvalue weighted by molar-refractivity contribution is 4.96. The Morgan fingerprint density at radius 3 is 2.75 bits per heavy atom. The number of aliphatic hydroxyl groups excluding tert-OH is 1. The van der Waals surface area contributed by atoms with Crippen LogP contribution in [0.4, 0.5) is 0 Å². The molecule has 1 unspecified atom stereocenters. The molecule has 2 N–H and O–H groups in total. The van der Waals surface area contributed by atoms with E-state index >= 15 is 0 Å². The van der Waals surface area contributed by atoms with Crippen molar-refractivity contribution in [2.75, 3.05) is 26.3 Å². The van der Waals surface area contributed by atoms with Gasteiger partial charge in [-0.1, -0.05) is 19.8 Å². The zero-order valence-corrected chi connectivity index (χ0v) is 10.8. The third kappa shape index (κ3) is 11.5. The van der Waals surface area contributed by atoms with Crippen LogP contribution in [0.3, 0.4) is 0 Å². The largest absolute Gasteiger partial charge is 0.389 e. The molecule has 3 heteroatoms. The molecule has 0 spiro atoms. The van der Waals surface area contributed by atoms with Gasteiger partial charge in [0.05, 0.1) is 19.3 Å². The summed E-state index contributed by atoms with van der Waals surface area (Å²) in [5, 5.41) is 12.6. The summed E-state index contributed by atoms with van der Waals surface area (Å²) >= 11 is 0. The zero-order valence-electron chi connectivity index (χ0n) is 10.8. The first-order chi connectivity index (χ1) is 7.66. The molecule has 0 aromatic rings. The fourth-order valence-electron chi connectivity index (χ4n) is 1.26. The van der Waals surface area contributed by atoms with Crippen LogP contribution < -0.4 is 5.32 Å². The lowest BCUT2D eigenvalue weighted by molar-refractivity contribution is 0.0353. The van der Waals surface area contributed by atoms with Gasteiger partial charge in [0.2, 0.25) is 0 Å². The summed E-state index contributed by atoms with van der Waals surface area (Å²) in [5.41, 5.74) is 0. The standard InChI is InChI=1S/C13H25NO2/c1-4-5-8-14-10-13(15)11-16-9-6-7-12(2)3/h12-15H,6-11H2,1-3H3. The van der Waals surface area contributed by atoms with Gasteiger partial charge in [0, 0.05) is 13.2 Å². The third-order valence-corrected chi connectivity index (χ3v) is 2.15. The number of ether oxygens (including phenoxy) is 1. The molecule has 0 aliphatic carbocycles. The normalized spacial score (nSPS) is 12.3. The molecule has 0 aliphatic rings. The van der Waals surface area contributed by atoms with E-state index in [-0.39, 0.29) is 0 Å². The van der Waals surface area contributed by atoms with Gasteiger partial charge in [-0.05, 0) is 25.7 Å². The van der Waals surface area contributed by atoms with E-state index in [0.29, 0.717) is 19.7 Å². The molecule has 0 bridgehead atoms. The second-order valence-electron chi connectivity index (χ2n) is 4.32. The molecule has 0 radical (unpaired) electrons. The minimum atomic E-state index is -0.433. The highest BCUT2D eigenvalue weighted by Gasteiger charge is 2.02. The molecule has 0 fully saturated rings. The Kier molecular flexibility index (Phi) is 10.6. The van der Waals surface area contributed by atoms with Gasteiger partial charge in [-0.3, -0.25) is 0 Å². The van der Waals surface area contributed by atoms with E-state index in [2.05, 4.69) is 31.0 Å². The second kappa shape index (κ2) is 10.9. The Labute approximate surface area is 99.6 Å². The Morgan fingerprint density at radius 2 is 2.12 bits per heavy atom.